The van der Waals surface area contributed by atoms with Crippen LogP contribution in [0.4, 0.5) is 5.69 Å². The molecule has 0 radical (unpaired) electrons. The number of amides is 2. The first kappa shape index (κ1) is 23.9. The van der Waals surface area contributed by atoms with E-state index in [1.807, 2.05) is 7.05 Å². The van der Waals surface area contributed by atoms with Gasteiger partial charge in [0.05, 0.1) is 10.5 Å². The van der Waals surface area contributed by atoms with Gasteiger partial charge in [0, 0.05) is 55.5 Å². The third-order valence-corrected chi connectivity index (χ3v) is 6.86. The average Bonchev–Trinajstić information content (AvgIpc) is 3.24. The lowest BCUT2D eigenvalue weighted by atomic mass is 10.2. The molecule has 1 N–H and O–H groups in total. The molecular weight excluding hydrogens is 478 g/mol. The number of benzene rings is 1. The summed E-state index contributed by atoms with van der Waals surface area (Å²) in [6.07, 6.45) is 4.22. The molecule has 0 bridgehead atoms. The van der Waals surface area contributed by atoms with Gasteiger partial charge in [-0.25, -0.2) is 13.4 Å². The molecule has 1 saturated heterocycles. The van der Waals surface area contributed by atoms with Gasteiger partial charge in [0.2, 0.25) is 0 Å². The van der Waals surface area contributed by atoms with Crippen molar-refractivity contribution in [3.05, 3.63) is 71.1 Å². The second-order valence-corrected chi connectivity index (χ2v) is 10.6. The van der Waals surface area contributed by atoms with Crippen molar-refractivity contribution < 1.29 is 18.0 Å². The van der Waals surface area contributed by atoms with Crippen molar-refractivity contribution in [3.8, 4) is 5.82 Å². The smallest absolute Gasteiger partial charge is 0.270 e. The van der Waals surface area contributed by atoms with E-state index >= 15 is 0 Å². The number of anilines is 1. The summed E-state index contributed by atoms with van der Waals surface area (Å²) < 4.78 is 25.4. The van der Waals surface area contributed by atoms with E-state index in [1.54, 1.807) is 40.1 Å². The van der Waals surface area contributed by atoms with Crippen LogP contribution in [-0.2, 0) is 9.84 Å². The fourth-order valence-corrected chi connectivity index (χ4v) is 4.64. The molecule has 1 aliphatic rings. The number of rotatable bonds is 5. The van der Waals surface area contributed by atoms with Crippen LogP contribution in [0, 0.1) is 0 Å². The van der Waals surface area contributed by atoms with Gasteiger partial charge in [0.25, 0.3) is 11.8 Å². The number of likely N-dealkylation sites (N-methyl/N-ethyl adjacent to an activating group) is 1. The number of carbonyl (C=O) groups excluding carboxylic acids is 2. The lowest BCUT2D eigenvalue weighted by Crippen LogP contribution is -2.47. The Morgan fingerprint density at radius 1 is 1.06 bits per heavy atom. The zero-order chi connectivity index (χ0) is 24.5. The molecule has 2 aromatic heterocycles. The van der Waals surface area contributed by atoms with Gasteiger partial charge in [-0.3, -0.25) is 14.2 Å². The van der Waals surface area contributed by atoms with Crippen LogP contribution in [0.1, 0.15) is 20.8 Å². The third-order valence-electron chi connectivity index (χ3n) is 5.55. The highest BCUT2D eigenvalue weighted by Crippen LogP contribution is 2.24. The summed E-state index contributed by atoms with van der Waals surface area (Å²) in [6, 6.07) is 10.9. The van der Waals surface area contributed by atoms with Gasteiger partial charge < -0.3 is 15.1 Å². The number of sulfone groups is 1. The molecule has 0 spiro atoms. The number of nitrogens with zero attached hydrogens (tertiary/aromatic N) is 4. The Morgan fingerprint density at radius 2 is 1.79 bits per heavy atom. The summed E-state index contributed by atoms with van der Waals surface area (Å²) in [7, 11) is -1.51. The molecule has 4 rings (SSSR count). The number of nitrogens with one attached hydrogen (secondary N) is 1. The second-order valence-electron chi connectivity index (χ2n) is 8.17. The molecule has 9 nitrogen and oxygen atoms in total. The van der Waals surface area contributed by atoms with Crippen LogP contribution in [0.3, 0.4) is 0 Å². The van der Waals surface area contributed by atoms with Gasteiger partial charge in [-0.05, 0) is 43.4 Å². The zero-order valence-electron chi connectivity index (χ0n) is 18.7. The molecule has 11 heteroatoms. The topological polar surface area (TPSA) is 105 Å². The number of pyridine rings is 1. The first-order valence-electron chi connectivity index (χ1n) is 10.6. The molecule has 1 aliphatic heterocycles. The molecule has 2 amide bonds. The molecule has 3 aromatic rings. The van der Waals surface area contributed by atoms with E-state index < -0.39 is 15.7 Å². The normalized spacial score (nSPS) is 14.7. The van der Waals surface area contributed by atoms with E-state index in [0.717, 1.165) is 19.3 Å². The fourth-order valence-electron chi connectivity index (χ4n) is 3.66. The number of aromatic nitrogens is 2. The van der Waals surface area contributed by atoms with E-state index in [2.05, 4.69) is 15.2 Å². The highest BCUT2D eigenvalue weighted by atomic mass is 35.5. The minimum Gasteiger partial charge on any atom is -0.335 e. The Morgan fingerprint density at radius 3 is 2.44 bits per heavy atom. The maximum atomic E-state index is 13.3. The van der Waals surface area contributed by atoms with Crippen LogP contribution < -0.4 is 5.32 Å². The van der Waals surface area contributed by atoms with E-state index in [4.69, 9.17) is 11.6 Å². The van der Waals surface area contributed by atoms with Gasteiger partial charge in [0.1, 0.15) is 11.5 Å². The number of halogens is 1. The van der Waals surface area contributed by atoms with E-state index in [0.29, 0.717) is 24.6 Å². The van der Waals surface area contributed by atoms with E-state index in [-0.39, 0.29) is 27.1 Å². The van der Waals surface area contributed by atoms with Crippen molar-refractivity contribution in [1.82, 2.24) is 19.4 Å². The van der Waals surface area contributed by atoms with Crippen molar-refractivity contribution in [2.45, 2.75) is 4.90 Å². The highest BCUT2D eigenvalue weighted by Gasteiger charge is 2.26. The number of hydrogen-bond donors (Lipinski definition) is 1. The van der Waals surface area contributed by atoms with E-state index in [9.17, 15) is 18.0 Å². The van der Waals surface area contributed by atoms with Crippen LogP contribution in [0.25, 0.3) is 5.82 Å². The van der Waals surface area contributed by atoms with Crippen LogP contribution >= 0.6 is 11.6 Å². The number of piperazine rings is 1. The van der Waals surface area contributed by atoms with Crippen LogP contribution in [-0.4, -0.2) is 79.1 Å². The Hall–Kier alpha value is -3.21. The van der Waals surface area contributed by atoms with Gasteiger partial charge in [0.15, 0.2) is 9.84 Å². The Labute approximate surface area is 202 Å². The van der Waals surface area contributed by atoms with Gasteiger partial charge in [-0.2, -0.15) is 0 Å². The largest absolute Gasteiger partial charge is 0.335 e. The predicted octanol–water partition coefficient (Wildman–Crippen LogP) is 2.57. The first-order chi connectivity index (χ1) is 16.1. The quantitative estimate of drug-likeness (QED) is 0.576. The molecule has 0 unspecified atom stereocenters. The second kappa shape index (κ2) is 9.57. The summed E-state index contributed by atoms with van der Waals surface area (Å²) in [5, 5.41) is 2.85. The number of hydrogen-bond acceptors (Lipinski definition) is 6. The molecule has 34 heavy (non-hydrogen) atoms. The Bertz CT molecular complexity index is 1330. The summed E-state index contributed by atoms with van der Waals surface area (Å²) in [4.78, 5) is 34.6. The van der Waals surface area contributed by atoms with Crippen molar-refractivity contribution in [2.75, 3.05) is 44.8 Å². The molecular formula is C23H24ClN5O4S. The van der Waals surface area contributed by atoms with Gasteiger partial charge >= 0.3 is 0 Å². The average molecular weight is 502 g/mol. The molecule has 1 aromatic carbocycles. The minimum atomic E-state index is -3.52. The standard InChI is InChI=1S/C23H24ClN5O4S/c1-27-7-9-28(10-8-27)23(31)20-11-16(15-29(20)21-5-3-4-6-25-21)22(30)26-18-12-17(24)13-19(14-18)34(2,32)33/h3-6,11-15H,7-10H2,1-2H3,(H,26,30). The summed E-state index contributed by atoms with van der Waals surface area (Å²) in [6.45, 7) is 2.70. The van der Waals surface area contributed by atoms with Gasteiger partial charge in [-0.15, -0.1) is 0 Å². The molecule has 178 valence electrons. The fraction of sp³-hybridized carbons (Fsp3) is 0.261. The molecule has 1 fully saturated rings. The minimum absolute atomic E-state index is 0.00714. The lowest BCUT2D eigenvalue weighted by molar-refractivity contribution is 0.0656. The van der Waals surface area contributed by atoms with Crippen molar-refractivity contribution in [2.24, 2.45) is 0 Å². The lowest BCUT2D eigenvalue weighted by Gasteiger charge is -2.32. The van der Waals surface area contributed by atoms with Crippen molar-refractivity contribution in [3.63, 3.8) is 0 Å². The summed E-state index contributed by atoms with van der Waals surface area (Å²) in [5.41, 5.74) is 0.774. The third kappa shape index (κ3) is 5.30. The molecule has 3 heterocycles. The molecule has 0 aliphatic carbocycles. The van der Waals surface area contributed by atoms with Crippen molar-refractivity contribution in [1.29, 1.82) is 0 Å². The van der Waals surface area contributed by atoms with Crippen molar-refractivity contribution >= 4 is 38.9 Å². The van der Waals surface area contributed by atoms with Crippen LogP contribution in [0.5, 0.6) is 0 Å². The van der Waals surface area contributed by atoms with Gasteiger partial charge in [-0.1, -0.05) is 17.7 Å². The molecule has 0 atom stereocenters. The predicted molar refractivity (Wildman–Crippen MR) is 129 cm³/mol. The summed E-state index contributed by atoms with van der Waals surface area (Å²) in [5.74, 6) is -0.204. The Balaban J connectivity index is 1.67. The number of carbonyl (C=O) groups is 2. The van der Waals surface area contributed by atoms with Crippen LogP contribution in [0.2, 0.25) is 5.02 Å². The van der Waals surface area contributed by atoms with E-state index in [1.165, 1.54) is 24.3 Å². The molecule has 0 saturated carbocycles. The zero-order valence-corrected chi connectivity index (χ0v) is 20.3. The maximum Gasteiger partial charge on any atom is 0.270 e. The SMILES string of the molecule is CN1CCN(C(=O)c2cc(C(=O)Nc3cc(Cl)cc(S(C)(=O)=O)c3)cn2-c2ccccn2)CC1. The summed E-state index contributed by atoms with van der Waals surface area (Å²) >= 11 is 6.05. The van der Waals surface area contributed by atoms with Crippen LogP contribution in [0.15, 0.2) is 59.8 Å². The highest BCUT2D eigenvalue weighted by molar-refractivity contribution is 7.90. The maximum absolute atomic E-state index is 13.3. The first-order valence-corrected chi connectivity index (χ1v) is 12.8. The monoisotopic (exact) mass is 501 g/mol. The Kier molecular flexibility index (Phi) is 6.74.